The van der Waals surface area contributed by atoms with Gasteiger partial charge in [-0.25, -0.2) is 19.6 Å². The third kappa shape index (κ3) is 4.72. The zero-order chi connectivity index (χ0) is 19.2. The largest absolute Gasteiger partial charge is 0.349 e. The molecule has 0 atom stereocenters. The molecular weight excluding hydrogens is 346 g/mol. The molecule has 3 rings (SSSR count). The summed E-state index contributed by atoms with van der Waals surface area (Å²) in [7, 11) is 0. The van der Waals surface area contributed by atoms with E-state index < -0.39 is 0 Å². The van der Waals surface area contributed by atoms with Gasteiger partial charge in [0.05, 0.1) is 6.20 Å². The molecule has 0 aliphatic rings. The predicted octanol–water partition coefficient (Wildman–Crippen LogP) is 1.13. The lowest BCUT2D eigenvalue weighted by molar-refractivity contribution is 0.0936. The van der Waals surface area contributed by atoms with Crippen LogP contribution in [-0.4, -0.2) is 42.6 Å². The van der Waals surface area contributed by atoms with Gasteiger partial charge in [-0.15, -0.1) is 0 Å². The van der Waals surface area contributed by atoms with E-state index in [2.05, 4.69) is 30.7 Å². The van der Waals surface area contributed by atoms with E-state index in [1.165, 1.54) is 4.68 Å². The number of rotatable bonds is 6. The maximum absolute atomic E-state index is 12.3. The Morgan fingerprint density at radius 3 is 2.48 bits per heavy atom. The Kier molecular flexibility index (Phi) is 5.50. The predicted molar refractivity (Wildman–Crippen MR) is 97.2 cm³/mol. The van der Waals surface area contributed by atoms with Gasteiger partial charge in [-0.2, -0.15) is 5.10 Å². The maximum atomic E-state index is 12.3. The topological polar surface area (TPSA) is 115 Å². The van der Waals surface area contributed by atoms with Gasteiger partial charge in [0.1, 0.15) is 11.4 Å². The molecule has 2 N–H and O–H groups in total. The highest BCUT2D eigenvalue weighted by Gasteiger charge is 2.13. The standard InChI is InChI=1S/C18H19N7O2/c1-12(2)23-17(27)15-6-3-5-14(24-15)16(26)21-9-13-10-22-25(11-13)18-19-7-4-8-20-18/h3-8,10-12H,9H2,1-2H3,(H,21,26)(H,23,27). The van der Waals surface area contributed by atoms with Gasteiger partial charge in [-0.05, 0) is 32.0 Å². The molecular formula is C18H19N7O2. The van der Waals surface area contributed by atoms with E-state index in [0.717, 1.165) is 5.56 Å². The van der Waals surface area contributed by atoms with E-state index in [0.29, 0.717) is 5.95 Å². The van der Waals surface area contributed by atoms with E-state index in [1.807, 2.05) is 13.8 Å². The first-order valence-electron chi connectivity index (χ1n) is 8.40. The molecule has 0 aromatic carbocycles. The summed E-state index contributed by atoms with van der Waals surface area (Å²) in [5.74, 6) is -0.248. The number of amides is 2. The third-order valence-electron chi connectivity index (χ3n) is 3.48. The monoisotopic (exact) mass is 365 g/mol. The number of hydrogen-bond acceptors (Lipinski definition) is 6. The highest BCUT2D eigenvalue weighted by molar-refractivity contribution is 5.96. The normalized spacial score (nSPS) is 10.6. The van der Waals surface area contributed by atoms with E-state index in [9.17, 15) is 9.59 Å². The van der Waals surface area contributed by atoms with Crippen LogP contribution in [0.2, 0.25) is 0 Å². The lowest BCUT2D eigenvalue weighted by Crippen LogP contribution is -2.31. The number of hydrogen-bond donors (Lipinski definition) is 2. The summed E-state index contributed by atoms with van der Waals surface area (Å²) in [6.45, 7) is 3.97. The number of aromatic nitrogens is 5. The minimum Gasteiger partial charge on any atom is -0.349 e. The maximum Gasteiger partial charge on any atom is 0.270 e. The zero-order valence-electron chi connectivity index (χ0n) is 15.0. The number of nitrogens with zero attached hydrogens (tertiary/aromatic N) is 5. The van der Waals surface area contributed by atoms with Crippen molar-refractivity contribution in [3.8, 4) is 5.95 Å². The van der Waals surface area contributed by atoms with Crippen LogP contribution in [0.5, 0.6) is 0 Å². The van der Waals surface area contributed by atoms with Crippen LogP contribution < -0.4 is 10.6 Å². The molecule has 0 fully saturated rings. The van der Waals surface area contributed by atoms with Gasteiger partial charge in [-0.3, -0.25) is 9.59 Å². The van der Waals surface area contributed by atoms with Crippen LogP contribution in [-0.2, 0) is 6.54 Å². The summed E-state index contributed by atoms with van der Waals surface area (Å²) in [6.07, 6.45) is 6.60. The van der Waals surface area contributed by atoms with Crippen molar-refractivity contribution in [2.75, 3.05) is 0 Å². The molecule has 0 bridgehead atoms. The van der Waals surface area contributed by atoms with Crippen LogP contribution in [0.25, 0.3) is 5.95 Å². The molecule has 0 unspecified atom stereocenters. The molecule has 3 aromatic rings. The average Bonchev–Trinajstić information content (AvgIpc) is 3.15. The molecule has 27 heavy (non-hydrogen) atoms. The third-order valence-corrected chi connectivity index (χ3v) is 3.48. The molecule has 0 aliphatic carbocycles. The number of pyridine rings is 1. The summed E-state index contributed by atoms with van der Waals surface area (Å²) in [4.78, 5) is 36.7. The van der Waals surface area contributed by atoms with Crippen LogP contribution in [0.1, 0.15) is 40.4 Å². The van der Waals surface area contributed by atoms with Crippen LogP contribution in [0.4, 0.5) is 0 Å². The lowest BCUT2D eigenvalue weighted by atomic mass is 10.2. The van der Waals surface area contributed by atoms with Crippen molar-refractivity contribution >= 4 is 11.8 Å². The second-order valence-electron chi connectivity index (χ2n) is 6.06. The van der Waals surface area contributed by atoms with Crippen LogP contribution in [0.15, 0.2) is 49.1 Å². The van der Waals surface area contributed by atoms with Gasteiger partial charge in [-0.1, -0.05) is 6.07 Å². The molecule has 3 aromatic heterocycles. The van der Waals surface area contributed by atoms with Crippen molar-refractivity contribution in [1.82, 2.24) is 35.4 Å². The van der Waals surface area contributed by atoms with E-state index in [1.54, 1.807) is 49.1 Å². The first-order chi connectivity index (χ1) is 13.0. The average molecular weight is 365 g/mol. The molecule has 3 heterocycles. The Labute approximate surface area is 155 Å². The molecule has 9 heteroatoms. The Morgan fingerprint density at radius 1 is 1.07 bits per heavy atom. The van der Waals surface area contributed by atoms with Crippen molar-refractivity contribution in [3.05, 3.63) is 66.0 Å². The SMILES string of the molecule is CC(C)NC(=O)c1cccc(C(=O)NCc2cnn(-c3ncccn3)c2)n1. The van der Waals surface area contributed by atoms with Crippen LogP contribution >= 0.6 is 0 Å². The van der Waals surface area contributed by atoms with Crippen LogP contribution in [0, 0.1) is 0 Å². The summed E-state index contributed by atoms with van der Waals surface area (Å²) in [5.41, 5.74) is 1.15. The first-order valence-corrected chi connectivity index (χ1v) is 8.40. The van der Waals surface area contributed by atoms with E-state index >= 15 is 0 Å². The van der Waals surface area contributed by atoms with E-state index in [4.69, 9.17) is 0 Å². The quantitative estimate of drug-likeness (QED) is 0.677. The minimum atomic E-state index is -0.377. The van der Waals surface area contributed by atoms with Crippen molar-refractivity contribution in [2.24, 2.45) is 0 Å². The second kappa shape index (κ2) is 8.17. The fraction of sp³-hybridized carbons (Fsp3) is 0.222. The molecule has 0 spiro atoms. The van der Waals surface area contributed by atoms with Crippen molar-refractivity contribution in [2.45, 2.75) is 26.4 Å². The van der Waals surface area contributed by atoms with Crippen molar-refractivity contribution in [1.29, 1.82) is 0 Å². The second-order valence-corrected chi connectivity index (χ2v) is 6.06. The molecule has 0 saturated carbocycles. The highest BCUT2D eigenvalue weighted by atomic mass is 16.2. The molecule has 138 valence electrons. The minimum absolute atomic E-state index is 0.0121. The van der Waals surface area contributed by atoms with Gasteiger partial charge >= 0.3 is 0 Å². The van der Waals surface area contributed by atoms with Crippen molar-refractivity contribution < 1.29 is 9.59 Å². The van der Waals surface area contributed by atoms with Gasteiger partial charge < -0.3 is 10.6 Å². The summed E-state index contributed by atoms with van der Waals surface area (Å²) < 4.78 is 1.52. The number of carbonyl (C=O) groups excluding carboxylic acids is 2. The fourth-order valence-electron chi connectivity index (χ4n) is 2.27. The fourth-order valence-corrected chi connectivity index (χ4v) is 2.27. The Morgan fingerprint density at radius 2 is 1.78 bits per heavy atom. The number of carbonyl (C=O) groups is 2. The number of nitrogens with one attached hydrogen (secondary N) is 2. The lowest BCUT2D eigenvalue weighted by Gasteiger charge is -2.08. The smallest absolute Gasteiger partial charge is 0.270 e. The van der Waals surface area contributed by atoms with Gasteiger partial charge in [0.15, 0.2) is 0 Å². The van der Waals surface area contributed by atoms with Gasteiger partial charge in [0.2, 0.25) is 5.95 Å². The Balaban J connectivity index is 1.63. The van der Waals surface area contributed by atoms with Gasteiger partial charge in [0, 0.05) is 36.7 Å². The van der Waals surface area contributed by atoms with Gasteiger partial charge in [0.25, 0.3) is 11.8 Å². The molecule has 0 aliphatic heterocycles. The summed E-state index contributed by atoms with van der Waals surface area (Å²) in [6, 6.07) is 6.46. The van der Waals surface area contributed by atoms with Crippen molar-refractivity contribution in [3.63, 3.8) is 0 Å². The van der Waals surface area contributed by atoms with E-state index in [-0.39, 0.29) is 35.8 Å². The first kappa shape index (κ1) is 18.2. The Bertz CT molecular complexity index is 938. The highest BCUT2D eigenvalue weighted by Crippen LogP contribution is 2.04. The Hall–Kier alpha value is -3.62. The van der Waals surface area contributed by atoms with Crippen LogP contribution in [0.3, 0.4) is 0 Å². The summed E-state index contributed by atoms with van der Waals surface area (Å²) >= 11 is 0. The molecule has 0 saturated heterocycles. The molecule has 9 nitrogen and oxygen atoms in total. The summed E-state index contributed by atoms with van der Waals surface area (Å²) in [5, 5.41) is 9.68. The zero-order valence-corrected chi connectivity index (χ0v) is 15.0. The molecule has 2 amide bonds. The molecule has 0 radical (unpaired) electrons.